The lowest BCUT2D eigenvalue weighted by Gasteiger charge is -2.31. The van der Waals surface area contributed by atoms with E-state index in [-0.39, 0.29) is 11.5 Å². The van der Waals surface area contributed by atoms with Crippen LogP contribution in [0.3, 0.4) is 0 Å². The summed E-state index contributed by atoms with van der Waals surface area (Å²) in [5.41, 5.74) is 1.83. The molecule has 1 saturated heterocycles. The molecule has 176 valence electrons. The number of H-pyrrole nitrogens is 1. The normalized spacial score (nSPS) is 17.9. The van der Waals surface area contributed by atoms with E-state index in [2.05, 4.69) is 16.4 Å². The molecular formula is C25H28N6O3. The summed E-state index contributed by atoms with van der Waals surface area (Å²) >= 11 is 0. The smallest absolute Gasteiger partial charge is 0.261 e. The first-order valence-electron chi connectivity index (χ1n) is 11.8. The minimum absolute atomic E-state index is 0.00761. The van der Waals surface area contributed by atoms with E-state index in [1.807, 2.05) is 19.1 Å². The number of nitriles is 1. The van der Waals surface area contributed by atoms with Crippen LogP contribution in [0.2, 0.25) is 0 Å². The molecule has 34 heavy (non-hydrogen) atoms. The van der Waals surface area contributed by atoms with Gasteiger partial charge in [0, 0.05) is 30.5 Å². The second-order valence-electron chi connectivity index (χ2n) is 9.09. The number of hydrogen-bond acceptors (Lipinski definition) is 6. The van der Waals surface area contributed by atoms with E-state index >= 15 is 0 Å². The Morgan fingerprint density at radius 3 is 2.68 bits per heavy atom. The molecule has 3 heterocycles. The molecule has 0 radical (unpaired) electrons. The number of hydrogen-bond donors (Lipinski definition) is 2. The van der Waals surface area contributed by atoms with E-state index in [0.29, 0.717) is 61.4 Å². The maximum Gasteiger partial charge on any atom is 0.261 e. The zero-order valence-electron chi connectivity index (χ0n) is 19.3. The highest BCUT2D eigenvalue weighted by Crippen LogP contribution is 2.37. The number of pyridine rings is 1. The highest BCUT2D eigenvalue weighted by atomic mass is 16.5. The molecule has 2 aliphatic rings. The van der Waals surface area contributed by atoms with Gasteiger partial charge in [0.15, 0.2) is 5.82 Å². The number of amides is 1. The molecule has 5 rings (SSSR count). The number of benzene rings is 1. The lowest BCUT2D eigenvalue weighted by atomic mass is 9.83. The largest absolute Gasteiger partial charge is 0.378 e. The third-order valence-electron chi connectivity index (χ3n) is 6.92. The molecule has 9 heteroatoms. The number of nitrogens with one attached hydrogen (secondary N) is 2. The number of rotatable bonds is 4. The molecule has 2 fully saturated rings. The molecule has 1 aromatic carbocycles. The molecule has 1 saturated carbocycles. The van der Waals surface area contributed by atoms with Crippen LogP contribution in [0.4, 0.5) is 11.5 Å². The van der Waals surface area contributed by atoms with Crippen LogP contribution in [0.1, 0.15) is 48.0 Å². The Morgan fingerprint density at radius 2 is 1.97 bits per heavy atom. The fourth-order valence-electron chi connectivity index (χ4n) is 5.05. The van der Waals surface area contributed by atoms with Gasteiger partial charge in [-0.1, -0.05) is 6.42 Å². The van der Waals surface area contributed by atoms with E-state index in [9.17, 15) is 14.9 Å². The average Bonchev–Trinajstić information content (AvgIpc) is 3.25. The van der Waals surface area contributed by atoms with Crippen molar-refractivity contribution in [2.24, 2.45) is 0 Å². The number of aromatic amines is 1. The van der Waals surface area contributed by atoms with E-state index in [4.69, 9.17) is 9.84 Å². The molecule has 1 aliphatic carbocycles. The van der Waals surface area contributed by atoms with Gasteiger partial charge >= 0.3 is 0 Å². The summed E-state index contributed by atoms with van der Waals surface area (Å²) in [6.07, 6.45) is 6.03. The SMILES string of the molecule is Cc1cc(Nc2nn(C3(C#N)CCCCC3)c3cc[nH]c(=O)c23)ccc1C(=O)N1CCOCC1. The van der Waals surface area contributed by atoms with Gasteiger partial charge in [-0.3, -0.25) is 9.59 Å². The maximum absolute atomic E-state index is 12.9. The zero-order valence-corrected chi connectivity index (χ0v) is 19.3. The number of carbonyl (C=O) groups is 1. The van der Waals surface area contributed by atoms with E-state index in [1.165, 1.54) is 0 Å². The summed E-state index contributed by atoms with van der Waals surface area (Å²) in [7, 11) is 0. The lowest BCUT2D eigenvalue weighted by molar-refractivity contribution is 0.0302. The predicted octanol–water partition coefficient (Wildman–Crippen LogP) is 3.43. The highest BCUT2D eigenvalue weighted by molar-refractivity contribution is 5.96. The Hall–Kier alpha value is -3.64. The monoisotopic (exact) mass is 460 g/mol. The van der Waals surface area contributed by atoms with Crippen LogP contribution in [0, 0.1) is 18.3 Å². The van der Waals surface area contributed by atoms with Crippen LogP contribution >= 0.6 is 0 Å². The summed E-state index contributed by atoms with van der Waals surface area (Å²) in [4.78, 5) is 30.2. The summed E-state index contributed by atoms with van der Waals surface area (Å²) in [6, 6.07) is 9.81. The quantitative estimate of drug-likeness (QED) is 0.616. The van der Waals surface area contributed by atoms with Gasteiger partial charge in [-0.05, 0) is 62.4 Å². The minimum Gasteiger partial charge on any atom is -0.378 e. The van der Waals surface area contributed by atoms with Crippen LogP contribution in [0.25, 0.3) is 10.9 Å². The van der Waals surface area contributed by atoms with Gasteiger partial charge in [-0.15, -0.1) is 0 Å². The third kappa shape index (κ3) is 3.84. The first-order chi connectivity index (χ1) is 16.5. The number of morpholine rings is 1. The summed E-state index contributed by atoms with van der Waals surface area (Å²) in [5.74, 6) is 0.399. The van der Waals surface area contributed by atoms with Crippen LogP contribution in [-0.4, -0.2) is 51.9 Å². The van der Waals surface area contributed by atoms with Crippen molar-refractivity contribution < 1.29 is 9.53 Å². The number of ether oxygens (including phenoxy) is 1. The van der Waals surface area contributed by atoms with E-state index in [0.717, 1.165) is 30.5 Å². The Balaban J connectivity index is 1.50. The number of nitrogens with zero attached hydrogens (tertiary/aromatic N) is 4. The zero-order chi connectivity index (χ0) is 23.7. The standard InChI is InChI=1S/C25H28N6O3/c1-17-15-18(5-6-19(17)24(33)30-11-13-34-14-12-30)28-22-21-20(7-10-27-23(21)32)31(29-22)25(16-26)8-3-2-4-9-25/h5-7,10,15H,2-4,8-9,11-14H2,1H3,(H,27,32)(H,28,29). The van der Waals surface area contributed by atoms with Crippen molar-refractivity contribution in [3.8, 4) is 6.07 Å². The number of aryl methyl sites for hydroxylation is 1. The number of carbonyl (C=O) groups excluding carboxylic acids is 1. The van der Waals surface area contributed by atoms with Gasteiger partial charge in [0.05, 0.1) is 24.8 Å². The first-order valence-corrected chi connectivity index (χ1v) is 11.8. The van der Waals surface area contributed by atoms with Crippen LogP contribution in [-0.2, 0) is 10.3 Å². The van der Waals surface area contributed by atoms with Crippen molar-refractivity contribution in [3.05, 3.63) is 51.9 Å². The first kappa shape index (κ1) is 22.2. The molecule has 2 aromatic heterocycles. The Bertz CT molecular complexity index is 1320. The lowest BCUT2D eigenvalue weighted by Crippen LogP contribution is -2.40. The van der Waals surface area contributed by atoms with Crippen molar-refractivity contribution >= 4 is 28.3 Å². The Morgan fingerprint density at radius 1 is 1.21 bits per heavy atom. The summed E-state index contributed by atoms with van der Waals surface area (Å²) in [5, 5.41) is 18.5. The molecule has 1 amide bonds. The topological polar surface area (TPSA) is 116 Å². The molecule has 3 aromatic rings. The fraction of sp³-hybridized carbons (Fsp3) is 0.440. The van der Waals surface area contributed by atoms with E-state index < -0.39 is 5.54 Å². The Labute approximate surface area is 197 Å². The fourth-order valence-corrected chi connectivity index (χ4v) is 5.05. The van der Waals surface area contributed by atoms with Crippen LogP contribution in [0.15, 0.2) is 35.3 Å². The molecule has 2 N–H and O–H groups in total. The van der Waals surface area contributed by atoms with Crippen LogP contribution < -0.4 is 10.9 Å². The Kier molecular flexibility index (Phi) is 5.84. The second-order valence-corrected chi connectivity index (χ2v) is 9.09. The molecule has 0 spiro atoms. The average molecular weight is 461 g/mol. The summed E-state index contributed by atoms with van der Waals surface area (Å²) < 4.78 is 7.08. The van der Waals surface area contributed by atoms with Crippen molar-refractivity contribution in [1.29, 1.82) is 5.26 Å². The minimum atomic E-state index is -0.755. The van der Waals surface area contributed by atoms with Gasteiger partial charge in [-0.25, -0.2) is 4.68 Å². The molecule has 0 atom stereocenters. The van der Waals surface area contributed by atoms with Gasteiger partial charge in [-0.2, -0.15) is 10.4 Å². The molecule has 1 aliphatic heterocycles. The molecule has 0 unspecified atom stereocenters. The van der Waals surface area contributed by atoms with Crippen molar-refractivity contribution in [1.82, 2.24) is 19.7 Å². The molecule has 9 nitrogen and oxygen atoms in total. The van der Waals surface area contributed by atoms with Gasteiger partial charge in [0.2, 0.25) is 0 Å². The highest BCUT2D eigenvalue weighted by Gasteiger charge is 2.37. The second kappa shape index (κ2) is 8.95. The predicted molar refractivity (Wildman–Crippen MR) is 128 cm³/mol. The van der Waals surface area contributed by atoms with Crippen molar-refractivity contribution in [2.45, 2.75) is 44.6 Å². The van der Waals surface area contributed by atoms with Crippen LogP contribution in [0.5, 0.6) is 0 Å². The number of anilines is 2. The summed E-state index contributed by atoms with van der Waals surface area (Å²) in [6.45, 7) is 4.18. The number of aromatic nitrogens is 3. The molecule has 0 bridgehead atoms. The third-order valence-corrected chi connectivity index (χ3v) is 6.92. The van der Waals surface area contributed by atoms with Crippen molar-refractivity contribution in [2.75, 3.05) is 31.6 Å². The maximum atomic E-state index is 12.9. The van der Waals surface area contributed by atoms with Crippen molar-refractivity contribution in [3.63, 3.8) is 0 Å². The van der Waals surface area contributed by atoms with E-state index in [1.54, 1.807) is 27.9 Å². The van der Waals surface area contributed by atoms with Gasteiger partial charge in [0.25, 0.3) is 11.5 Å². The van der Waals surface area contributed by atoms with Gasteiger partial charge in [0.1, 0.15) is 10.9 Å². The van der Waals surface area contributed by atoms with Gasteiger partial charge < -0.3 is 19.9 Å². The molecular weight excluding hydrogens is 432 g/mol. The number of fused-ring (bicyclic) bond motifs is 1.